The fraction of sp³-hybridized carbons (Fsp3) is 0.100. The number of hydrogen-bond donors (Lipinski definition) is 1. The van der Waals surface area contributed by atoms with Gasteiger partial charge in [0.1, 0.15) is 0 Å². The Morgan fingerprint density at radius 2 is 1.38 bits per heavy atom. The van der Waals surface area contributed by atoms with Crippen molar-refractivity contribution in [3.8, 4) is 11.1 Å². The van der Waals surface area contributed by atoms with E-state index >= 15 is 0 Å². The first-order chi connectivity index (χ1) is 10.3. The molecule has 0 atom stereocenters. The summed E-state index contributed by atoms with van der Waals surface area (Å²) in [6, 6.07) is 25.4. The summed E-state index contributed by atoms with van der Waals surface area (Å²) in [6.45, 7) is 2.20. The van der Waals surface area contributed by atoms with Gasteiger partial charge in [-0.2, -0.15) is 0 Å². The molecule has 0 fully saturated rings. The lowest BCUT2D eigenvalue weighted by atomic mass is 9.93. The topological polar surface area (TPSA) is 0 Å². The van der Waals surface area contributed by atoms with Crippen LogP contribution in [0.15, 0.2) is 77.7 Å². The van der Waals surface area contributed by atoms with E-state index in [4.69, 9.17) is 0 Å². The lowest BCUT2D eigenvalue weighted by Crippen LogP contribution is -1.94. The largest absolute Gasteiger partial charge is 0.143 e. The van der Waals surface area contributed by atoms with Crippen molar-refractivity contribution in [2.45, 2.75) is 18.2 Å². The summed E-state index contributed by atoms with van der Waals surface area (Å²) in [5.41, 5.74) is 6.53. The Kier molecular flexibility index (Phi) is 4.12. The Labute approximate surface area is 131 Å². The summed E-state index contributed by atoms with van der Waals surface area (Å²) < 4.78 is 0. The molecule has 104 valence electrons. The van der Waals surface area contributed by atoms with Gasteiger partial charge in [0.05, 0.1) is 0 Å². The first kappa shape index (κ1) is 14.0. The van der Waals surface area contributed by atoms with Crippen LogP contribution in [0.3, 0.4) is 0 Å². The van der Waals surface area contributed by atoms with E-state index < -0.39 is 0 Å². The zero-order valence-corrected chi connectivity index (χ0v) is 13.0. The van der Waals surface area contributed by atoms with Crippen molar-refractivity contribution in [1.29, 1.82) is 0 Å². The van der Waals surface area contributed by atoms with Gasteiger partial charge in [-0.1, -0.05) is 66.7 Å². The van der Waals surface area contributed by atoms with Crippen molar-refractivity contribution < 1.29 is 0 Å². The van der Waals surface area contributed by atoms with Crippen molar-refractivity contribution in [3.05, 3.63) is 89.5 Å². The third kappa shape index (κ3) is 3.03. The predicted octanol–water partition coefficient (Wildman–Crippen LogP) is 5.54. The highest BCUT2D eigenvalue weighted by molar-refractivity contribution is 7.80. The second-order valence-corrected chi connectivity index (χ2v) is 5.75. The number of thiol groups is 1. The van der Waals surface area contributed by atoms with Crippen molar-refractivity contribution >= 4 is 12.6 Å². The van der Waals surface area contributed by atoms with E-state index in [9.17, 15) is 0 Å². The summed E-state index contributed by atoms with van der Waals surface area (Å²) in [5.74, 6) is 0. The van der Waals surface area contributed by atoms with Gasteiger partial charge in [0, 0.05) is 4.90 Å². The molecular formula is C20H18S. The van der Waals surface area contributed by atoms with Crippen molar-refractivity contribution in [3.63, 3.8) is 0 Å². The van der Waals surface area contributed by atoms with Crippen LogP contribution >= 0.6 is 12.6 Å². The van der Waals surface area contributed by atoms with Crippen LogP contribution in [0.1, 0.15) is 16.7 Å². The summed E-state index contributed by atoms with van der Waals surface area (Å²) >= 11 is 4.59. The zero-order valence-electron chi connectivity index (χ0n) is 12.1. The smallest absolute Gasteiger partial charge is 0.0119 e. The average molecular weight is 290 g/mol. The van der Waals surface area contributed by atoms with Crippen LogP contribution in [-0.2, 0) is 6.42 Å². The molecular weight excluding hydrogens is 272 g/mol. The maximum Gasteiger partial charge on any atom is 0.0119 e. The first-order valence-electron chi connectivity index (χ1n) is 7.16. The van der Waals surface area contributed by atoms with E-state index in [0.29, 0.717) is 0 Å². The molecule has 0 spiro atoms. The molecule has 0 aromatic heterocycles. The molecule has 0 saturated carbocycles. The summed E-state index contributed by atoms with van der Waals surface area (Å²) in [5, 5.41) is 0. The Balaban J connectivity index is 2.02. The molecule has 0 N–H and O–H groups in total. The summed E-state index contributed by atoms with van der Waals surface area (Å²) in [7, 11) is 0. The van der Waals surface area contributed by atoms with Crippen LogP contribution in [-0.4, -0.2) is 0 Å². The average Bonchev–Trinajstić information content (AvgIpc) is 2.51. The minimum absolute atomic E-state index is 0.968. The lowest BCUT2D eigenvalue weighted by Gasteiger charge is -2.13. The maximum atomic E-state index is 4.59. The van der Waals surface area contributed by atoms with Crippen molar-refractivity contribution in [2.75, 3.05) is 0 Å². The molecule has 0 radical (unpaired) electrons. The molecule has 3 aromatic carbocycles. The first-order valence-corrected chi connectivity index (χ1v) is 7.61. The number of hydrogen-bond acceptors (Lipinski definition) is 1. The molecule has 3 aromatic rings. The summed E-state index contributed by atoms with van der Waals surface area (Å²) in [4.78, 5) is 1.03. The molecule has 21 heavy (non-hydrogen) atoms. The van der Waals surface area contributed by atoms with E-state index in [1.54, 1.807) is 0 Å². The second-order valence-electron chi connectivity index (χ2n) is 5.27. The minimum atomic E-state index is 0.968. The fourth-order valence-corrected chi connectivity index (χ4v) is 2.96. The molecule has 1 heteroatoms. The van der Waals surface area contributed by atoms with Gasteiger partial charge >= 0.3 is 0 Å². The van der Waals surface area contributed by atoms with Gasteiger partial charge in [0.15, 0.2) is 0 Å². The quantitative estimate of drug-likeness (QED) is 0.601. The third-order valence-electron chi connectivity index (χ3n) is 3.88. The maximum absolute atomic E-state index is 4.59. The van der Waals surface area contributed by atoms with E-state index in [2.05, 4.69) is 80.2 Å². The third-order valence-corrected chi connectivity index (χ3v) is 4.27. The molecule has 0 amide bonds. The molecule has 0 aliphatic rings. The second kappa shape index (κ2) is 6.19. The van der Waals surface area contributed by atoms with Crippen LogP contribution in [0, 0.1) is 6.92 Å². The number of rotatable bonds is 3. The van der Waals surface area contributed by atoms with Crippen LogP contribution < -0.4 is 0 Å². The summed E-state index contributed by atoms with van der Waals surface area (Å²) in [6.07, 6.45) is 0.968. The monoisotopic (exact) mass is 290 g/mol. The Morgan fingerprint density at radius 3 is 2.14 bits per heavy atom. The Morgan fingerprint density at radius 1 is 0.714 bits per heavy atom. The van der Waals surface area contributed by atoms with Gasteiger partial charge in [0.2, 0.25) is 0 Å². The van der Waals surface area contributed by atoms with Crippen LogP contribution in [0.4, 0.5) is 0 Å². The number of benzene rings is 3. The van der Waals surface area contributed by atoms with E-state index in [1.165, 1.54) is 27.8 Å². The van der Waals surface area contributed by atoms with Crippen molar-refractivity contribution in [1.82, 2.24) is 0 Å². The van der Waals surface area contributed by atoms with Gasteiger partial charge in [-0.05, 0) is 47.2 Å². The van der Waals surface area contributed by atoms with Crippen LogP contribution in [0.5, 0.6) is 0 Å². The van der Waals surface area contributed by atoms with E-state index in [0.717, 1.165) is 11.3 Å². The van der Waals surface area contributed by atoms with Crippen LogP contribution in [0.25, 0.3) is 11.1 Å². The Bertz CT molecular complexity index is 745. The normalized spacial score (nSPS) is 10.6. The molecule has 0 saturated heterocycles. The molecule has 0 bridgehead atoms. The fourth-order valence-electron chi connectivity index (χ4n) is 2.68. The van der Waals surface area contributed by atoms with Gasteiger partial charge in [-0.3, -0.25) is 0 Å². The molecule has 0 heterocycles. The highest BCUT2D eigenvalue weighted by Gasteiger charge is 2.08. The lowest BCUT2D eigenvalue weighted by molar-refractivity contribution is 1.16. The molecule has 0 unspecified atom stereocenters. The van der Waals surface area contributed by atoms with Gasteiger partial charge in [-0.25, -0.2) is 0 Å². The van der Waals surface area contributed by atoms with Crippen LogP contribution in [0.2, 0.25) is 0 Å². The van der Waals surface area contributed by atoms with E-state index in [1.807, 2.05) is 12.1 Å². The minimum Gasteiger partial charge on any atom is -0.143 e. The molecule has 0 aliphatic heterocycles. The zero-order chi connectivity index (χ0) is 14.7. The highest BCUT2D eigenvalue weighted by atomic mass is 32.1. The molecule has 0 aliphatic carbocycles. The van der Waals surface area contributed by atoms with E-state index in [-0.39, 0.29) is 0 Å². The van der Waals surface area contributed by atoms with Gasteiger partial charge in [0.25, 0.3) is 0 Å². The van der Waals surface area contributed by atoms with Gasteiger partial charge < -0.3 is 0 Å². The SMILES string of the molecule is Cc1c(Cc2ccccc2)cccc1-c1ccccc1S. The van der Waals surface area contributed by atoms with Crippen molar-refractivity contribution in [2.24, 2.45) is 0 Å². The van der Waals surface area contributed by atoms with Gasteiger partial charge in [-0.15, -0.1) is 12.6 Å². The highest BCUT2D eigenvalue weighted by Crippen LogP contribution is 2.31. The predicted molar refractivity (Wildman–Crippen MR) is 93.1 cm³/mol. The molecule has 3 rings (SSSR count). The Hall–Kier alpha value is -1.99. The molecule has 0 nitrogen and oxygen atoms in total. The standard InChI is InChI=1S/C20H18S/c1-15-17(14-16-8-3-2-4-9-16)10-7-12-18(15)19-11-5-6-13-20(19)21/h2-13,21H,14H2,1H3.